The zero-order chi connectivity index (χ0) is 7.61. The molecule has 0 amide bonds. The Hall–Kier alpha value is 0.411. The van der Waals surface area contributed by atoms with E-state index in [2.05, 4.69) is 37.9 Å². The summed E-state index contributed by atoms with van der Waals surface area (Å²) in [6.07, 6.45) is 8.81. The normalized spacial score (nSPS) is 14.8. The van der Waals surface area contributed by atoms with Gasteiger partial charge in [0.15, 0.2) is 0 Å². The molecular formula is C10H18SiTi. The molecule has 1 aliphatic carbocycles. The summed E-state index contributed by atoms with van der Waals surface area (Å²) in [5.74, 6) is 0. The molecule has 66 valence electrons. The summed E-state index contributed by atoms with van der Waals surface area (Å²) < 4.78 is 0. The van der Waals surface area contributed by atoms with Gasteiger partial charge in [-0.25, -0.2) is 11.6 Å². The van der Waals surface area contributed by atoms with E-state index in [9.17, 15) is 0 Å². The largest absolute Gasteiger partial charge is 2.00 e. The fourth-order valence-corrected chi connectivity index (χ4v) is 2.53. The van der Waals surface area contributed by atoms with Crippen LogP contribution in [0.2, 0.25) is 25.7 Å². The third kappa shape index (κ3) is 5.99. The van der Waals surface area contributed by atoms with Crippen molar-refractivity contribution in [3.63, 3.8) is 0 Å². The molecule has 2 heteroatoms. The summed E-state index contributed by atoms with van der Waals surface area (Å²) >= 11 is 0. The van der Waals surface area contributed by atoms with Gasteiger partial charge in [-0.2, -0.15) is 6.08 Å². The summed E-state index contributed by atoms with van der Waals surface area (Å²) in [7, 11) is -0.873. The van der Waals surface area contributed by atoms with E-state index in [1.54, 1.807) is 0 Å². The zero-order valence-electron chi connectivity index (χ0n) is 8.57. The van der Waals surface area contributed by atoms with E-state index in [0.29, 0.717) is 0 Å². The summed E-state index contributed by atoms with van der Waals surface area (Å²) in [5.41, 5.74) is 1.44. The first-order valence-corrected chi connectivity index (χ1v) is 7.55. The molecule has 0 atom stereocenters. The maximum Gasteiger partial charge on any atom is 2.00 e. The van der Waals surface area contributed by atoms with Crippen LogP contribution in [-0.2, 0) is 21.7 Å². The van der Waals surface area contributed by atoms with Crippen molar-refractivity contribution >= 4 is 8.07 Å². The first-order chi connectivity index (χ1) is 4.58. The molecule has 0 spiro atoms. The second kappa shape index (κ2) is 5.96. The molecule has 0 aromatic heterocycles. The minimum absolute atomic E-state index is 0. The van der Waals surface area contributed by atoms with Gasteiger partial charge in [0.2, 0.25) is 0 Å². The van der Waals surface area contributed by atoms with E-state index < -0.39 is 8.07 Å². The van der Waals surface area contributed by atoms with Gasteiger partial charge >= 0.3 is 21.7 Å². The SMILES string of the molecule is C[Si](C)(C)CC1=[C-]CC=C1.[CH3-].[Ti+2]. The third-order valence-corrected chi connectivity index (χ3v) is 2.93. The average molecular weight is 214 g/mol. The van der Waals surface area contributed by atoms with Crippen LogP contribution in [0.5, 0.6) is 0 Å². The van der Waals surface area contributed by atoms with Crippen molar-refractivity contribution in [3.8, 4) is 0 Å². The smallest absolute Gasteiger partial charge is 0.358 e. The molecule has 0 aromatic carbocycles. The first-order valence-electron chi connectivity index (χ1n) is 3.84. The number of hydrogen-bond acceptors (Lipinski definition) is 0. The van der Waals surface area contributed by atoms with Crippen LogP contribution in [0, 0.1) is 13.5 Å². The van der Waals surface area contributed by atoms with Crippen molar-refractivity contribution in [1.29, 1.82) is 0 Å². The molecule has 0 radical (unpaired) electrons. The van der Waals surface area contributed by atoms with Crippen molar-refractivity contribution in [1.82, 2.24) is 0 Å². The molecule has 0 aromatic rings. The maximum absolute atomic E-state index is 3.35. The van der Waals surface area contributed by atoms with Crippen molar-refractivity contribution < 1.29 is 21.7 Å². The Morgan fingerprint density at radius 1 is 1.42 bits per heavy atom. The van der Waals surface area contributed by atoms with Gasteiger partial charge in [0.05, 0.1) is 0 Å². The number of hydrogen-bond donors (Lipinski definition) is 0. The summed E-state index contributed by atoms with van der Waals surface area (Å²) in [6, 6.07) is 1.30. The van der Waals surface area contributed by atoms with Crippen LogP contribution in [0.25, 0.3) is 0 Å². The molecule has 0 saturated carbocycles. The molecule has 0 aliphatic heterocycles. The third-order valence-electron chi connectivity index (χ3n) is 1.49. The fraction of sp³-hybridized carbons (Fsp3) is 0.500. The van der Waals surface area contributed by atoms with Gasteiger partial charge in [-0.1, -0.05) is 25.7 Å². The van der Waals surface area contributed by atoms with E-state index in [0.717, 1.165) is 6.42 Å². The van der Waals surface area contributed by atoms with Gasteiger partial charge in [-0.3, -0.25) is 6.08 Å². The molecule has 1 rings (SSSR count). The Bertz CT molecular complexity index is 175. The predicted octanol–water partition coefficient (Wildman–Crippen LogP) is 3.46. The van der Waals surface area contributed by atoms with E-state index in [-0.39, 0.29) is 29.1 Å². The minimum Gasteiger partial charge on any atom is -0.358 e. The van der Waals surface area contributed by atoms with Crippen LogP contribution < -0.4 is 0 Å². The standard InChI is InChI=1S/C9H15Si.CH3.Ti/c1-10(2,3)8-9-6-4-5-7-9;;/h4,6H,5,8H2,1-3H3;1H3;/q2*-1;+2. The second-order valence-corrected chi connectivity index (χ2v) is 9.52. The Morgan fingerprint density at radius 2 is 2.00 bits per heavy atom. The van der Waals surface area contributed by atoms with Gasteiger partial charge in [-0.15, -0.1) is 6.42 Å². The number of allylic oxidation sites excluding steroid dienone is 4. The molecule has 0 nitrogen and oxygen atoms in total. The quantitative estimate of drug-likeness (QED) is 0.487. The van der Waals surface area contributed by atoms with Gasteiger partial charge in [0.1, 0.15) is 0 Å². The molecule has 0 bridgehead atoms. The van der Waals surface area contributed by atoms with Crippen LogP contribution in [-0.4, -0.2) is 8.07 Å². The molecule has 0 heterocycles. The van der Waals surface area contributed by atoms with E-state index in [4.69, 9.17) is 0 Å². The molecular weight excluding hydrogens is 196 g/mol. The summed E-state index contributed by atoms with van der Waals surface area (Å²) in [6.45, 7) is 7.19. The topological polar surface area (TPSA) is 0 Å². The van der Waals surface area contributed by atoms with Crippen molar-refractivity contribution in [2.45, 2.75) is 32.1 Å². The van der Waals surface area contributed by atoms with Crippen LogP contribution in [0.3, 0.4) is 0 Å². The Kier molecular flexibility index (Phi) is 7.40. The zero-order valence-corrected chi connectivity index (χ0v) is 11.1. The molecule has 12 heavy (non-hydrogen) atoms. The van der Waals surface area contributed by atoms with Gasteiger partial charge in [0.25, 0.3) is 0 Å². The molecule has 0 N–H and O–H groups in total. The predicted molar refractivity (Wildman–Crippen MR) is 55.1 cm³/mol. The Labute approximate surface area is 93.0 Å². The molecule has 1 aliphatic rings. The van der Waals surface area contributed by atoms with E-state index in [1.165, 1.54) is 11.6 Å². The fourth-order valence-electron chi connectivity index (χ4n) is 1.14. The second-order valence-electron chi connectivity index (χ2n) is 4.05. The summed E-state index contributed by atoms with van der Waals surface area (Å²) in [4.78, 5) is 0. The van der Waals surface area contributed by atoms with Gasteiger partial charge < -0.3 is 7.43 Å². The molecule has 0 unspecified atom stereocenters. The van der Waals surface area contributed by atoms with Crippen LogP contribution >= 0.6 is 0 Å². The van der Waals surface area contributed by atoms with E-state index >= 15 is 0 Å². The Balaban J connectivity index is 0. The molecule has 0 fully saturated rings. The van der Waals surface area contributed by atoms with E-state index in [1.807, 2.05) is 0 Å². The first kappa shape index (κ1) is 14.9. The van der Waals surface area contributed by atoms with Gasteiger partial charge in [-0.05, 0) is 0 Å². The van der Waals surface area contributed by atoms with Crippen molar-refractivity contribution in [2.24, 2.45) is 0 Å². The number of rotatable bonds is 2. The molecule has 0 saturated heterocycles. The van der Waals surface area contributed by atoms with Crippen LogP contribution in [0.1, 0.15) is 6.42 Å². The monoisotopic (exact) mass is 214 g/mol. The van der Waals surface area contributed by atoms with Crippen molar-refractivity contribution in [2.75, 3.05) is 0 Å². The Morgan fingerprint density at radius 3 is 2.33 bits per heavy atom. The average Bonchev–Trinajstić information content (AvgIpc) is 2.12. The van der Waals surface area contributed by atoms with Crippen LogP contribution in [0.4, 0.5) is 0 Å². The maximum atomic E-state index is 3.35. The minimum atomic E-state index is -0.873. The van der Waals surface area contributed by atoms with Crippen LogP contribution in [0.15, 0.2) is 17.7 Å². The summed E-state index contributed by atoms with van der Waals surface area (Å²) in [5, 5.41) is 0. The van der Waals surface area contributed by atoms with Crippen molar-refractivity contribution in [3.05, 3.63) is 31.2 Å². The van der Waals surface area contributed by atoms with Gasteiger partial charge in [0, 0.05) is 8.07 Å².